The molecular formula is C41H52F2N12O12P2+2. The number of hydrogen-bond donors (Lipinski definition) is 5. The van der Waals surface area contributed by atoms with E-state index in [0.717, 1.165) is 9.36 Å². The van der Waals surface area contributed by atoms with Gasteiger partial charge in [0.25, 0.3) is 11.1 Å². The molecule has 2 aliphatic rings. The van der Waals surface area contributed by atoms with Crippen molar-refractivity contribution < 1.29 is 57.1 Å². The lowest BCUT2D eigenvalue weighted by Gasteiger charge is -2.14. The van der Waals surface area contributed by atoms with E-state index in [2.05, 4.69) is 51.2 Å². The molecule has 24 nitrogen and oxygen atoms in total. The van der Waals surface area contributed by atoms with Gasteiger partial charge in [-0.15, -0.1) is 14.7 Å². The van der Waals surface area contributed by atoms with E-state index in [-0.39, 0.29) is 65.1 Å². The Morgan fingerprint density at radius 3 is 1.62 bits per heavy atom. The number of nitrogens with zero attached hydrogens (tertiary/aromatic N) is 8. The molecule has 0 bridgehead atoms. The van der Waals surface area contributed by atoms with E-state index in [1.165, 1.54) is 6.66 Å². The van der Waals surface area contributed by atoms with E-state index in [1.54, 1.807) is 84.0 Å². The van der Waals surface area contributed by atoms with Gasteiger partial charge >= 0.3 is 16.3 Å². The summed E-state index contributed by atoms with van der Waals surface area (Å²) in [7, 11) is -4.30. The molecule has 2 saturated heterocycles. The predicted octanol–water partition coefficient (Wildman–Crippen LogP) is 5.68. The lowest BCUT2D eigenvalue weighted by molar-refractivity contribution is -0.119. The van der Waals surface area contributed by atoms with E-state index in [1.807, 2.05) is 18.2 Å². The third kappa shape index (κ3) is 12.6. The van der Waals surface area contributed by atoms with E-state index in [0.29, 0.717) is 18.6 Å². The Hall–Kier alpha value is -6.56. The molecule has 4 aromatic heterocycles. The number of anilines is 2. The van der Waals surface area contributed by atoms with Gasteiger partial charge in [-0.25, -0.2) is 13.3 Å². The minimum atomic E-state index is -2.77. The van der Waals surface area contributed by atoms with Crippen LogP contribution in [0.25, 0.3) is 22.3 Å². The first-order valence-corrected chi connectivity index (χ1v) is 24.2. The number of aromatic nitrogens is 10. The molecule has 28 heteroatoms. The number of para-hydroxylation sites is 2. The average Bonchev–Trinajstić information content (AvgIpc) is 4.08. The zero-order valence-corrected chi connectivity index (χ0v) is 39.9. The molecule has 2 amide bonds. The molecular weight excluding hydrogens is 952 g/mol. The number of aliphatic hydroxyl groups excluding tert-OH is 1. The first-order chi connectivity index (χ1) is 32.9. The Labute approximate surface area is 394 Å². The number of halogens is 2. The van der Waals surface area contributed by atoms with Crippen molar-refractivity contribution in [3.05, 3.63) is 81.4 Å². The van der Waals surface area contributed by atoms with Crippen LogP contribution in [0.15, 0.2) is 70.3 Å². The molecule has 6 heterocycles. The molecule has 0 aliphatic carbocycles. The molecule has 8 rings (SSSR count). The number of hydrogen-bond acceptors (Lipinski definition) is 18. The summed E-state index contributed by atoms with van der Waals surface area (Å²) in [5.41, 5.74) is -1.61. The summed E-state index contributed by atoms with van der Waals surface area (Å²) in [5.74, 6) is -0.662. The number of amides is 2. The SMILES string of the molecule is CC[C@H]1O[C@@H](n2nnc3c(=O)[nH]c(NC(=O)C(C)C)nc32)[C@@H](O)[C@@H]1F.CC[C@H]1O[C@@H](n2nnc3c(=O)[nH]c(NC(=O)C(C)C)nc32)[C@@H](O[P+](=O)Oc2ccccc2)[C@@H]1F.C[P+](=O)Oc1ccccc1.[HH]. The standard InChI is InChI=1S/C20H22FN6O6P.C14H19FN6O4.C7H8O2P.H2/c1-4-12-13(21)15(33-34(30)32-11-8-6-5-7-9-11)19(31-12)27-16-14(25-26-27)18(29)24-20(22-16)23-17(28)10(2)3;1-4-6-7(15)9(22)13(25-6)21-10-8(19-20-21)12(24)18-14(16-10)17-11(23)5(2)3;1-10(8)9-7-5-3-2-4-6-7;/h5-10,12-13,15,19H,4H2,1-3H3,(H-,22,23,24,26,28,29);5-7,9,13,22H,4H2,1-3H3,(H2,16,17,18,23,24);2-6H,1H3;1H/q;;+1;/p+1/t12-,13-,15+,19-;6-,7-,9+,13-;;/m11../s1. The zero-order chi connectivity index (χ0) is 50.1. The van der Waals surface area contributed by atoms with Gasteiger partial charge in [0.1, 0.15) is 6.10 Å². The van der Waals surface area contributed by atoms with Gasteiger partial charge in [-0.05, 0) is 41.7 Å². The normalized spacial score (nSPS) is 22.4. The van der Waals surface area contributed by atoms with Crippen LogP contribution in [0, 0.1) is 11.8 Å². The molecule has 10 atom stereocenters. The summed E-state index contributed by atoms with van der Waals surface area (Å²) in [6.07, 6.45) is -9.54. The van der Waals surface area contributed by atoms with Crippen LogP contribution in [0.2, 0.25) is 0 Å². The van der Waals surface area contributed by atoms with Crippen LogP contribution in [0.5, 0.6) is 11.5 Å². The summed E-state index contributed by atoms with van der Waals surface area (Å²) < 4.78 is 81.3. The second-order valence-electron chi connectivity index (χ2n) is 15.9. The van der Waals surface area contributed by atoms with Gasteiger partial charge in [-0.3, -0.25) is 44.3 Å². The van der Waals surface area contributed by atoms with Crippen LogP contribution in [-0.4, -0.2) is 110 Å². The monoisotopic (exact) mass is 1000 g/mol. The molecule has 2 unspecified atom stereocenters. The van der Waals surface area contributed by atoms with Crippen LogP contribution in [0.4, 0.5) is 20.7 Å². The summed E-state index contributed by atoms with van der Waals surface area (Å²) >= 11 is 0. The smallest absolute Gasteiger partial charge is 0.385 e. The number of carbonyl (C=O) groups excluding carboxylic acids is 2. The number of benzene rings is 2. The summed E-state index contributed by atoms with van der Waals surface area (Å²) in [5, 5.41) is 30.2. The highest BCUT2D eigenvalue weighted by Crippen LogP contribution is 2.42. The second kappa shape index (κ2) is 23.2. The average molecular weight is 1000 g/mol. The maximum absolute atomic E-state index is 15.2. The summed E-state index contributed by atoms with van der Waals surface area (Å²) in [4.78, 5) is 61.5. The molecule has 0 radical (unpaired) electrons. The fraction of sp³-hybridized carbons (Fsp3) is 0.463. The van der Waals surface area contributed by atoms with Gasteiger partial charge in [0.05, 0.1) is 12.2 Å². The van der Waals surface area contributed by atoms with Crippen molar-refractivity contribution in [2.45, 2.75) is 104 Å². The molecule has 69 heavy (non-hydrogen) atoms. The van der Waals surface area contributed by atoms with Crippen molar-refractivity contribution in [1.82, 2.24) is 49.9 Å². The number of alkyl halides is 2. The summed E-state index contributed by atoms with van der Waals surface area (Å²) in [6, 6.07) is 17.4. The zero-order valence-electron chi connectivity index (χ0n) is 38.1. The van der Waals surface area contributed by atoms with E-state index in [9.17, 15) is 37.8 Å². The lowest BCUT2D eigenvalue weighted by atomic mass is 10.1. The van der Waals surface area contributed by atoms with Gasteiger partial charge < -0.3 is 14.6 Å². The Morgan fingerprint density at radius 1 is 0.754 bits per heavy atom. The third-order valence-corrected chi connectivity index (χ3v) is 11.4. The number of nitrogens with one attached hydrogen (secondary N) is 4. The fourth-order valence-electron chi connectivity index (χ4n) is 6.55. The number of rotatable bonds is 14. The Bertz CT molecular complexity index is 2880. The topological polar surface area (TPSA) is 312 Å². The molecule has 2 aliphatic heterocycles. The van der Waals surface area contributed by atoms with Gasteiger partial charge in [-0.1, -0.05) is 88.4 Å². The van der Waals surface area contributed by atoms with E-state index >= 15 is 4.39 Å². The lowest BCUT2D eigenvalue weighted by Crippen LogP contribution is -2.30. The summed E-state index contributed by atoms with van der Waals surface area (Å²) in [6.45, 7) is 11.7. The molecule has 2 aromatic carbocycles. The highest BCUT2D eigenvalue weighted by Gasteiger charge is 2.53. The maximum atomic E-state index is 15.2. The number of H-pyrrole nitrogens is 2. The van der Waals surface area contributed by atoms with Crippen LogP contribution in [0.1, 0.15) is 68.3 Å². The third-order valence-electron chi connectivity index (χ3n) is 10.1. The largest absolute Gasteiger partial charge is 0.750 e. The van der Waals surface area contributed by atoms with E-state index in [4.69, 9.17) is 23.0 Å². The van der Waals surface area contributed by atoms with E-state index < -0.39 is 76.6 Å². The van der Waals surface area contributed by atoms with Gasteiger partial charge in [0.15, 0.2) is 71.4 Å². The molecule has 5 N–H and O–H groups in total. The minimum absolute atomic E-state index is 0. The molecule has 0 spiro atoms. The molecule has 0 saturated carbocycles. The Morgan fingerprint density at radius 2 is 1.19 bits per heavy atom. The number of aromatic amines is 2. The van der Waals surface area contributed by atoms with Crippen molar-refractivity contribution in [3.8, 4) is 11.5 Å². The van der Waals surface area contributed by atoms with Crippen LogP contribution in [-0.2, 0) is 32.7 Å². The van der Waals surface area contributed by atoms with Crippen LogP contribution >= 0.6 is 16.3 Å². The highest BCUT2D eigenvalue weighted by molar-refractivity contribution is 7.38. The fourth-order valence-corrected chi connectivity index (χ4v) is 7.72. The van der Waals surface area contributed by atoms with Crippen LogP contribution < -0.4 is 30.8 Å². The first kappa shape index (κ1) is 51.8. The van der Waals surface area contributed by atoms with Crippen molar-refractivity contribution >= 4 is 62.3 Å². The molecule has 370 valence electrons. The van der Waals surface area contributed by atoms with Crippen molar-refractivity contribution in [1.29, 1.82) is 0 Å². The van der Waals surface area contributed by atoms with Crippen molar-refractivity contribution in [2.24, 2.45) is 11.8 Å². The Balaban J connectivity index is 0.000000221. The molecule has 2 fully saturated rings. The van der Waals surface area contributed by atoms with Crippen LogP contribution in [0.3, 0.4) is 0 Å². The first-order valence-electron chi connectivity index (χ1n) is 21.5. The maximum Gasteiger partial charge on any atom is 0.750 e. The number of fused-ring (bicyclic) bond motifs is 2. The number of ether oxygens (including phenoxy) is 2. The van der Waals surface area contributed by atoms with Crippen molar-refractivity contribution in [2.75, 3.05) is 17.3 Å². The van der Waals surface area contributed by atoms with Gasteiger partial charge in [-0.2, -0.15) is 19.3 Å². The van der Waals surface area contributed by atoms with Gasteiger partial charge in [0.2, 0.25) is 23.7 Å². The predicted molar refractivity (Wildman–Crippen MR) is 245 cm³/mol. The number of aliphatic hydroxyl groups is 1. The second-order valence-corrected chi connectivity index (χ2v) is 17.8. The Kier molecular flexibility index (Phi) is 17.4. The highest BCUT2D eigenvalue weighted by atomic mass is 31.1. The van der Waals surface area contributed by atoms with Gasteiger partial charge in [0, 0.05) is 17.8 Å². The number of carbonyl (C=O) groups is 2. The quantitative estimate of drug-likeness (QED) is 0.0820. The molecule has 6 aromatic rings. The minimum Gasteiger partial charge on any atom is -0.385 e. The van der Waals surface area contributed by atoms with Crippen molar-refractivity contribution in [3.63, 3.8) is 0 Å².